The molecule has 0 saturated carbocycles. The van der Waals surface area contributed by atoms with Gasteiger partial charge < -0.3 is 14.6 Å². The van der Waals surface area contributed by atoms with Crippen molar-refractivity contribution < 1.29 is 4.74 Å². The van der Waals surface area contributed by atoms with Crippen molar-refractivity contribution in [2.24, 2.45) is 0 Å². The van der Waals surface area contributed by atoms with E-state index < -0.39 is 0 Å². The zero-order valence-electron chi connectivity index (χ0n) is 11.6. The topological polar surface area (TPSA) is 39.1 Å². The lowest BCUT2D eigenvalue weighted by atomic mass is 10.1. The van der Waals surface area contributed by atoms with Gasteiger partial charge in [0.2, 0.25) is 0 Å². The van der Waals surface area contributed by atoms with E-state index in [0.29, 0.717) is 0 Å². The Balaban J connectivity index is 1.98. The van der Waals surface area contributed by atoms with Crippen molar-refractivity contribution in [3.63, 3.8) is 0 Å². The Morgan fingerprint density at radius 1 is 1.32 bits per heavy atom. The zero-order valence-corrected chi connectivity index (χ0v) is 11.6. The van der Waals surface area contributed by atoms with Crippen molar-refractivity contribution >= 4 is 0 Å². The SMILES string of the molecule is COCCNCCn1cncc1-c1cccc(C)c1. The summed E-state index contributed by atoms with van der Waals surface area (Å²) in [4.78, 5) is 4.25. The molecule has 0 spiro atoms. The summed E-state index contributed by atoms with van der Waals surface area (Å²) in [5.74, 6) is 0. The second-order valence-electron chi connectivity index (χ2n) is 4.58. The summed E-state index contributed by atoms with van der Waals surface area (Å²) in [6.45, 7) is 5.56. The first-order valence-electron chi connectivity index (χ1n) is 6.58. The highest BCUT2D eigenvalue weighted by atomic mass is 16.5. The van der Waals surface area contributed by atoms with Crippen LogP contribution in [-0.2, 0) is 11.3 Å². The summed E-state index contributed by atoms with van der Waals surface area (Å²) in [6, 6.07) is 8.50. The highest BCUT2D eigenvalue weighted by molar-refractivity contribution is 5.59. The van der Waals surface area contributed by atoms with Gasteiger partial charge in [-0.1, -0.05) is 23.8 Å². The normalized spacial score (nSPS) is 10.8. The van der Waals surface area contributed by atoms with E-state index in [1.165, 1.54) is 11.1 Å². The molecule has 0 bridgehead atoms. The minimum absolute atomic E-state index is 0.745. The van der Waals surface area contributed by atoms with Crippen LogP contribution in [0.1, 0.15) is 5.56 Å². The molecule has 0 aliphatic heterocycles. The van der Waals surface area contributed by atoms with Crippen LogP contribution < -0.4 is 5.32 Å². The quantitative estimate of drug-likeness (QED) is 0.774. The van der Waals surface area contributed by atoms with Gasteiger partial charge in [0.1, 0.15) is 0 Å². The summed E-state index contributed by atoms with van der Waals surface area (Å²) in [6.07, 6.45) is 3.81. The molecule has 0 aliphatic carbocycles. The number of aryl methyl sites for hydroxylation is 1. The number of imidazole rings is 1. The number of rotatable bonds is 7. The van der Waals surface area contributed by atoms with Crippen LogP contribution in [0, 0.1) is 6.92 Å². The van der Waals surface area contributed by atoms with Crippen LogP contribution >= 0.6 is 0 Å². The van der Waals surface area contributed by atoms with E-state index in [2.05, 4.69) is 46.1 Å². The smallest absolute Gasteiger partial charge is 0.0951 e. The van der Waals surface area contributed by atoms with Gasteiger partial charge >= 0.3 is 0 Å². The maximum atomic E-state index is 5.00. The van der Waals surface area contributed by atoms with Crippen molar-refractivity contribution in [3.05, 3.63) is 42.4 Å². The minimum Gasteiger partial charge on any atom is -0.383 e. The van der Waals surface area contributed by atoms with Gasteiger partial charge in [0.15, 0.2) is 0 Å². The Kier molecular flexibility index (Phi) is 5.12. The van der Waals surface area contributed by atoms with E-state index in [4.69, 9.17) is 4.74 Å². The molecule has 0 atom stereocenters. The van der Waals surface area contributed by atoms with Crippen LogP contribution in [0.2, 0.25) is 0 Å². The average molecular weight is 259 g/mol. The molecule has 0 amide bonds. The number of hydrogen-bond donors (Lipinski definition) is 1. The van der Waals surface area contributed by atoms with Crippen molar-refractivity contribution in [3.8, 4) is 11.3 Å². The Bertz CT molecular complexity index is 508. The third-order valence-electron chi connectivity index (χ3n) is 3.04. The number of ether oxygens (including phenoxy) is 1. The lowest BCUT2D eigenvalue weighted by molar-refractivity contribution is 0.199. The Hall–Kier alpha value is -1.65. The fourth-order valence-corrected chi connectivity index (χ4v) is 2.04. The summed E-state index contributed by atoms with van der Waals surface area (Å²) < 4.78 is 7.18. The molecule has 19 heavy (non-hydrogen) atoms. The van der Waals surface area contributed by atoms with Gasteiger partial charge in [0.25, 0.3) is 0 Å². The summed E-state index contributed by atoms with van der Waals surface area (Å²) in [5, 5.41) is 3.34. The predicted molar refractivity (Wildman–Crippen MR) is 77.1 cm³/mol. The molecular formula is C15H21N3O. The number of methoxy groups -OCH3 is 1. The number of nitrogens with one attached hydrogen (secondary N) is 1. The molecule has 1 aromatic heterocycles. The third-order valence-corrected chi connectivity index (χ3v) is 3.04. The van der Waals surface area contributed by atoms with E-state index in [9.17, 15) is 0 Å². The van der Waals surface area contributed by atoms with Crippen molar-refractivity contribution in [2.45, 2.75) is 13.5 Å². The molecule has 2 aromatic rings. The fourth-order valence-electron chi connectivity index (χ4n) is 2.04. The molecule has 0 unspecified atom stereocenters. The second-order valence-corrected chi connectivity index (χ2v) is 4.58. The largest absolute Gasteiger partial charge is 0.383 e. The molecule has 1 aromatic carbocycles. The first-order chi connectivity index (χ1) is 9.31. The van der Waals surface area contributed by atoms with Crippen molar-refractivity contribution in [1.82, 2.24) is 14.9 Å². The molecule has 102 valence electrons. The fraction of sp³-hybridized carbons (Fsp3) is 0.400. The first-order valence-corrected chi connectivity index (χ1v) is 6.58. The molecule has 4 heteroatoms. The van der Waals surface area contributed by atoms with Gasteiger partial charge in [0, 0.05) is 32.3 Å². The minimum atomic E-state index is 0.745. The molecule has 0 saturated heterocycles. The lowest BCUT2D eigenvalue weighted by Crippen LogP contribution is -2.23. The van der Waals surface area contributed by atoms with Crippen LogP contribution in [0.25, 0.3) is 11.3 Å². The molecule has 2 rings (SSSR count). The maximum absolute atomic E-state index is 5.00. The molecule has 0 fully saturated rings. The Morgan fingerprint density at radius 3 is 3.00 bits per heavy atom. The Morgan fingerprint density at radius 2 is 2.21 bits per heavy atom. The van der Waals surface area contributed by atoms with E-state index in [0.717, 1.165) is 31.9 Å². The van der Waals surface area contributed by atoms with Crippen LogP contribution in [0.4, 0.5) is 0 Å². The van der Waals surface area contributed by atoms with Crippen molar-refractivity contribution in [1.29, 1.82) is 0 Å². The van der Waals surface area contributed by atoms with Crippen LogP contribution in [-0.4, -0.2) is 36.4 Å². The summed E-state index contributed by atoms with van der Waals surface area (Å²) >= 11 is 0. The molecule has 0 aliphatic rings. The number of benzene rings is 1. The summed E-state index contributed by atoms with van der Waals surface area (Å²) in [7, 11) is 1.72. The predicted octanol–water partition coefficient (Wildman–Crippen LogP) is 2.09. The van der Waals surface area contributed by atoms with Crippen molar-refractivity contribution in [2.75, 3.05) is 26.8 Å². The molecule has 4 nitrogen and oxygen atoms in total. The van der Waals surface area contributed by atoms with Crippen LogP contribution in [0.15, 0.2) is 36.8 Å². The number of nitrogens with zero attached hydrogens (tertiary/aromatic N) is 2. The molecule has 1 heterocycles. The standard InChI is InChI=1S/C15H21N3O/c1-13-4-3-5-14(10-13)15-11-17-12-18(15)8-6-16-7-9-19-2/h3-5,10-12,16H,6-9H2,1-2H3. The maximum Gasteiger partial charge on any atom is 0.0951 e. The van der Waals surface area contributed by atoms with E-state index in [-0.39, 0.29) is 0 Å². The number of aromatic nitrogens is 2. The highest BCUT2D eigenvalue weighted by Gasteiger charge is 2.04. The average Bonchev–Trinajstić information content (AvgIpc) is 2.87. The van der Waals surface area contributed by atoms with Gasteiger partial charge in [-0.3, -0.25) is 0 Å². The molecule has 0 radical (unpaired) electrons. The van der Waals surface area contributed by atoms with Gasteiger partial charge in [-0.15, -0.1) is 0 Å². The van der Waals surface area contributed by atoms with Gasteiger partial charge in [-0.25, -0.2) is 4.98 Å². The van der Waals surface area contributed by atoms with Crippen LogP contribution in [0.3, 0.4) is 0 Å². The highest BCUT2D eigenvalue weighted by Crippen LogP contribution is 2.19. The van der Waals surface area contributed by atoms with Gasteiger partial charge in [0.05, 0.1) is 24.8 Å². The lowest BCUT2D eigenvalue weighted by Gasteiger charge is -2.09. The molecular weight excluding hydrogens is 238 g/mol. The van der Waals surface area contributed by atoms with Gasteiger partial charge in [-0.05, 0) is 13.0 Å². The Labute approximate surface area is 114 Å². The van der Waals surface area contributed by atoms with E-state index >= 15 is 0 Å². The second kappa shape index (κ2) is 7.07. The number of hydrogen-bond acceptors (Lipinski definition) is 3. The monoisotopic (exact) mass is 259 g/mol. The third kappa shape index (κ3) is 3.91. The van der Waals surface area contributed by atoms with E-state index in [1.807, 2.05) is 12.5 Å². The molecule has 1 N–H and O–H groups in total. The summed E-state index contributed by atoms with van der Waals surface area (Å²) in [5.41, 5.74) is 3.65. The van der Waals surface area contributed by atoms with Gasteiger partial charge in [-0.2, -0.15) is 0 Å². The first kappa shape index (κ1) is 13.8. The van der Waals surface area contributed by atoms with E-state index in [1.54, 1.807) is 7.11 Å². The van der Waals surface area contributed by atoms with Crippen LogP contribution in [0.5, 0.6) is 0 Å². The zero-order chi connectivity index (χ0) is 13.5.